The van der Waals surface area contributed by atoms with Gasteiger partial charge in [0.15, 0.2) is 5.69 Å². The number of carbonyl (C=O) groups is 1. The normalized spacial score (nSPS) is 10.2. The predicted octanol–water partition coefficient (Wildman–Crippen LogP) is 1.21. The molecule has 0 saturated carbocycles. The Bertz CT molecular complexity index is 505. The highest BCUT2D eigenvalue weighted by molar-refractivity contribution is 5.91. The van der Waals surface area contributed by atoms with Gasteiger partial charge in [0.1, 0.15) is 0 Å². The fourth-order valence-electron chi connectivity index (χ4n) is 1.51. The molecule has 0 spiro atoms. The smallest absolute Gasteiger partial charge is 0.356 e. The number of aromatic carboxylic acids is 1. The maximum absolute atomic E-state index is 11.0. The fourth-order valence-corrected chi connectivity index (χ4v) is 1.51. The van der Waals surface area contributed by atoms with E-state index in [1.54, 1.807) is 0 Å². The van der Waals surface area contributed by atoms with Gasteiger partial charge in [0, 0.05) is 0 Å². The number of nitrogen functional groups attached to an aromatic ring is 1. The maximum atomic E-state index is 11.0. The molecule has 0 bridgehead atoms. The Hall–Kier alpha value is -2.30. The van der Waals surface area contributed by atoms with Gasteiger partial charge in [-0.2, -0.15) is 5.10 Å². The second kappa shape index (κ2) is 4.06. The summed E-state index contributed by atoms with van der Waals surface area (Å²) in [6, 6.07) is 9.50. The summed E-state index contributed by atoms with van der Waals surface area (Å²) in [6.45, 7) is 0.402. The SMILES string of the molecule is Nc1cnn(Cc2ccccc2)c1C(=O)O. The van der Waals surface area contributed by atoms with Crippen LogP contribution in [0.2, 0.25) is 0 Å². The third-order valence-corrected chi connectivity index (χ3v) is 2.25. The summed E-state index contributed by atoms with van der Waals surface area (Å²) in [4.78, 5) is 11.0. The molecule has 5 nitrogen and oxygen atoms in total. The fraction of sp³-hybridized carbons (Fsp3) is 0.0909. The minimum absolute atomic E-state index is 0.0313. The Morgan fingerprint density at radius 2 is 2.06 bits per heavy atom. The number of nitrogens with zero attached hydrogens (tertiary/aromatic N) is 2. The first kappa shape index (κ1) is 10.2. The highest BCUT2D eigenvalue weighted by atomic mass is 16.4. The van der Waals surface area contributed by atoms with E-state index >= 15 is 0 Å². The molecule has 82 valence electrons. The van der Waals surface area contributed by atoms with Crippen LogP contribution in [0.1, 0.15) is 16.1 Å². The predicted molar refractivity (Wildman–Crippen MR) is 59.1 cm³/mol. The highest BCUT2D eigenvalue weighted by Crippen LogP contribution is 2.12. The van der Waals surface area contributed by atoms with Gasteiger partial charge < -0.3 is 10.8 Å². The van der Waals surface area contributed by atoms with Crippen LogP contribution in [-0.4, -0.2) is 20.9 Å². The zero-order valence-electron chi connectivity index (χ0n) is 8.50. The average molecular weight is 217 g/mol. The van der Waals surface area contributed by atoms with E-state index in [0.717, 1.165) is 5.56 Å². The van der Waals surface area contributed by atoms with Crippen molar-refractivity contribution in [1.29, 1.82) is 0 Å². The van der Waals surface area contributed by atoms with Crippen molar-refractivity contribution in [1.82, 2.24) is 9.78 Å². The molecule has 16 heavy (non-hydrogen) atoms. The van der Waals surface area contributed by atoms with Gasteiger partial charge in [0.2, 0.25) is 0 Å². The van der Waals surface area contributed by atoms with Crippen molar-refractivity contribution in [3.8, 4) is 0 Å². The van der Waals surface area contributed by atoms with Crippen molar-refractivity contribution in [3.05, 3.63) is 47.8 Å². The standard InChI is InChI=1S/C11H11N3O2/c12-9-6-13-14(10(9)11(15)16)7-8-4-2-1-3-5-8/h1-6H,7,12H2,(H,15,16). The molecule has 0 saturated heterocycles. The molecule has 1 heterocycles. The Labute approximate surface area is 92.1 Å². The summed E-state index contributed by atoms with van der Waals surface area (Å²) in [7, 11) is 0. The van der Waals surface area contributed by atoms with Gasteiger partial charge in [-0.15, -0.1) is 0 Å². The maximum Gasteiger partial charge on any atom is 0.356 e. The minimum atomic E-state index is -1.06. The molecule has 0 amide bonds. The number of carboxylic acids is 1. The van der Waals surface area contributed by atoms with E-state index in [4.69, 9.17) is 10.8 Å². The molecule has 5 heteroatoms. The third kappa shape index (κ3) is 1.88. The van der Waals surface area contributed by atoms with Crippen LogP contribution in [0.4, 0.5) is 5.69 Å². The number of rotatable bonds is 3. The highest BCUT2D eigenvalue weighted by Gasteiger charge is 2.15. The van der Waals surface area contributed by atoms with Crippen LogP contribution in [0.25, 0.3) is 0 Å². The topological polar surface area (TPSA) is 81.1 Å². The summed E-state index contributed by atoms with van der Waals surface area (Å²) in [5.74, 6) is -1.06. The number of nitrogens with two attached hydrogens (primary N) is 1. The number of anilines is 1. The van der Waals surface area contributed by atoms with Crippen LogP contribution < -0.4 is 5.73 Å². The second-order valence-electron chi connectivity index (χ2n) is 3.40. The second-order valence-corrected chi connectivity index (χ2v) is 3.40. The third-order valence-electron chi connectivity index (χ3n) is 2.25. The molecule has 0 aliphatic rings. The van der Waals surface area contributed by atoms with Crippen LogP contribution in [0, 0.1) is 0 Å². The quantitative estimate of drug-likeness (QED) is 0.809. The Morgan fingerprint density at radius 1 is 1.38 bits per heavy atom. The Kier molecular flexibility index (Phi) is 2.59. The summed E-state index contributed by atoms with van der Waals surface area (Å²) < 4.78 is 1.38. The molecule has 0 unspecified atom stereocenters. The molecule has 3 N–H and O–H groups in total. The molecule has 2 rings (SSSR count). The molecular weight excluding hydrogens is 206 g/mol. The largest absolute Gasteiger partial charge is 0.476 e. The number of aromatic nitrogens is 2. The lowest BCUT2D eigenvalue weighted by Gasteiger charge is -2.04. The summed E-state index contributed by atoms with van der Waals surface area (Å²) in [5, 5.41) is 12.9. The lowest BCUT2D eigenvalue weighted by Crippen LogP contribution is -2.12. The van der Waals surface area contributed by atoms with Crippen LogP contribution in [0.3, 0.4) is 0 Å². The van der Waals surface area contributed by atoms with E-state index in [9.17, 15) is 4.79 Å². The van der Waals surface area contributed by atoms with E-state index in [1.807, 2.05) is 30.3 Å². The van der Waals surface area contributed by atoms with Gasteiger partial charge in [-0.1, -0.05) is 30.3 Å². The Balaban J connectivity index is 2.32. The van der Waals surface area contributed by atoms with Gasteiger partial charge in [-0.05, 0) is 5.56 Å². The van der Waals surface area contributed by atoms with Crippen LogP contribution in [0.15, 0.2) is 36.5 Å². The van der Waals surface area contributed by atoms with Crippen molar-refractivity contribution in [2.24, 2.45) is 0 Å². The van der Waals surface area contributed by atoms with Crippen molar-refractivity contribution in [3.63, 3.8) is 0 Å². The van der Waals surface area contributed by atoms with E-state index in [0.29, 0.717) is 6.54 Å². The summed E-state index contributed by atoms with van der Waals surface area (Å²) in [6.07, 6.45) is 1.35. The van der Waals surface area contributed by atoms with E-state index in [2.05, 4.69) is 5.10 Å². The average Bonchev–Trinajstić information content (AvgIpc) is 2.61. The molecule has 0 radical (unpaired) electrons. The lowest BCUT2D eigenvalue weighted by molar-refractivity contribution is 0.0685. The zero-order valence-corrected chi connectivity index (χ0v) is 8.50. The Morgan fingerprint density at radius 3 is 2.69 bits per heavy atom. The molecule has 0 aliphatic heterocycles. The summed E-state index contributed by atoms with van der Waals surface area (Å²) >= 11 is 0. The zero-order chi connectivity index (χ0) is 11.5. The van der Waals surface area contributed by atoms with Crippen LogP contribution in [-0.2, 0) is 6.54 Å². The lowest BCUT2D eigenvalue weighted by atomic mass is 10.2. The van der Waals surface area contributed by atoms with Crippen molar-refractivity contribution in [2.75, 3.05) is 5.73 Å². The molecule has 1 aromatic heterocycles. The minimum Gasteiger partial charge on any atom is -0.476 e. The number of hydrogen-bond donors (Lipinski definition) is 2. The molecule has 1 aromatic carbocycles. The van der Waals surface area contributed by atoms with Gasteiger partial charge in [0.25, 0.3) is 0 Å². The van der Waals surface area contributed by atoms with E-state index in [1.165, 1.54) is 10.9 Å². The number of hydrogen-bond acceptors (Lipinski definition) is 3. The van der Waals surface area contributed by atoms with Gasteiger partial charge in [-0.25, -0.2) is 4.79 Å². The monoisotopic (exact) mass is 217 g/mol. The van der Waals surface area contributed by atoms with E-state index in [-0.39, 0.29) is 11.4 Å². The van der Waals surface area contributed by atoms with Crippen molar-refractivity contribution >= 4 is 11.7 Å². The van der Waals surface area contributed by atoms with Gasteiger partial charge in [-0.3, -0.25) is 4.68 Å². The van der Waals surface area contributed by atoms with Crippen molar-refractivity contribution < 1.29 is 9.90 Å². The molecule has 2 aromatic rings. The van der Waals surface area contributed by atoms with E-state index < -0.39 is 5.97 Å². The van der Waals surface area contributed by atoms with Crippen LogP contribution in [0.5, 0.6) is 0 Å². The molecule has 0 atom stereocenters. The number of carboxylic acid groups (broad SMARTS) is 1. The number of benzene rings is 1. The van der Waals surface area contributed by atoms with Crippen molar-refractivity contribution in [2.45, 2.75) is 6.54 Å². The van der Waals surface area contributed by atoms with Gasteiger partial charge >= 0.3 is 5.97 Å². The van der Waals surface area contributed by atoms with Gasteiger partial charge in [0.05, 0.1) is 18.4 Å². The first-order valence-corrected chi connectivity index (χ1v) is 4.77. The summed E-state index contributed by atoms with van der Waals surface area (Å²) in [5.41, 5.74) is 6.73. The molecular formula is C11H11N3O2. The van der Waals surface area contributed by atoms with Crippen LogP contribution >= 0.6 is 0 Å². The first-order valence-electron chi connectivity index (χ1n) is 4.77. The molecule has 0 aliphatic carbocycles. The molecule has 0 fully saturated rings. The first-order chi connectivity index (χ1) is 7.68.